The highest BCUT2D eigenvalue weighted by Gasteiger charge is 2.30. The van der Waals surface area contributed by atoms with Gasteiger partial charge in [0.1, 0.15) is 11.6 Å². The summed E-state index contributed by atoms with van der Waals surface area (Å²) in [4.78, 5) is 23.2. The Morgan fingerprint density at radius 3 is 1.76 bits per heavy atom. The molecule has 1 aromatic carbocycles. The third kappa shape index (κ3) is 6.16. The second-order valence-electron chi connectivity index (χ2n) is 7.11. The first-order valence-electron chi connectivity index (χ1n) is 9.50. The van der Waals surface area contributed by atoms with E-state index in [1.807, 2.05) is 13.0 Å². The average molecular weight is 412 g/mol. The van der Waals surface area contributed by atoms with E-state index in [9.17, 15) is 9.59 Å². The number of carbonyl (C=O) groups excluding carboxylic acids is 2. The maximum absolute atomic E-state index is 11.6. The Bertz CT molecular complexity index is 648. The summed E-state index contributed by atoms with van der Waals surface area (Å²) in [6.07, 6.45) is 1.36. The van der Waals surface area contributed by atoms with Gasteiger partial charge < -0.3 is 29.5 Å². The van der Waals surface area contributed by atoms with E-state index in [2.05, 4.69) is 0 Å². The van der Waals surface area contributed by atoms with Crippen LogP contribution in [0.5, 0.6) is 17.2 Å². The third-order valence-corrected chi connectivity index (χ3v) is 5.27. The van der Waals surface area contributed by atoms with Crippen molar-refractivity contribution in [1.82, 2.24) is 0 Å². The molecule has 0 spiro atoms. The van der Waals surface area contributed by atoms with Crippen molar-refractivity contribution in [2.24, 2.45) is 5.41 Å². The summed E-state index contributed by atoms with van der Waals surface area (Å²) in [6.45, 7) is 1.35. The lowest BCUT2D eigenvalue weighted by Crippen LogP contribution is -2.32. The molecule has 29 heavy (non-hydrogen) atoms. The molecule has 0 saturated heterocycles. The second kappa shape index (κ2) is 11.7. The zero-order valence-electron chi connectivity index (χ0n) is 17.6. The number of Topliss-reactive ketones (excluding diaryl/α,β-unsaturated/α-hetero) is 2. The number of rotatable bonds is 8. The molecule has 0 bridgehead atoms. The Hall–Kier alpha value is -2.16. The predicted octanol–water partition coefficient (Wildman–Crippen LogP) is 1.48. The first-order valence-corrected chi connectivity index (χ1v) is 9.50. The topological polar surface area (TPSA) is 123 Å². The highest BCUT2D eigenvalue weighted by atomic mass is 16.5. The number of aliphatic hydroxyl groups is 3. The maximum atomic E-state index is 11.6. The number of benzene rings is 1. The van der Waals surface area contributed by atoms with Crippen molar-refractivity contribution in [3.8, 4) is 17.2 Å². The van der Waals surface area contributed by atoms with Gasteiger partial charge in [0.05, 0.1) is 47.6 Å². The van der Waals surface area contributed by atoms with Gasteiger partial charge in [0.25, 0.3) is 0 Å². The Morgan fingerprint density at radius 2 is 1.41 bits per heavy atom. The summed E-state index contributed by atoms with van der Waals surface area (Å²) in [5, 5.41) is 26.0. The van der Waals surface area contributed by atoms with Gasteiger partial charge in [-0.05, 0) is 12.5 Å². The lowest BCUT2D eigenvalue weighted by molar-refractivity contribution is -0.130. The van der Waals surface area contributed by atoms with Crippen LogP contribution in [0.2, 0.25) is 0 Å². The van der Waals surface area contributed by atoms with E-state index in [0.717, 1.165) is 5.56 Å². The molecule has 0 atom stereocenters. The SMILES string of the molecule is CCC(CO)(CO)CO.COc1ccc(C2CC(=O)CC(=O)C2)c(OC)c1OC. The number of aliphatic hydroxyl groups excluding tert-OH is 3. The minimum absolute atomic E-state index is 0.0249. The summed E-state index contributed by atoms with van der Waals surface area (Å²) in [6, 6.07) is 3.59. The van der Waals surface area contributed by atoms with Crippen molar-refractivity contribution in [3.63, 3.8) is 0 Å². The summed E-state index contributed by atoms with van der Waals surface area (Å²) >= 11 is 0. The van der Waals surface area contributed by atoms with E-state index >= 15 is 0 Å². The van der Waals surface area contributed by atoms with Gasteiger partial charge in [-0.3, -0.25) is 9.59 Å². The molecule has 2 rings (SSSR count). The van der Waals surface area contributed by atoms with E-state index < -0.39 is 5.41 Å². The number of carbonyl (C=O) groups is 2. The third-order valence-electron chi connectivity index (χ3n) is 5.27. The fourth-order valence-corrected chi connectivity index (χ4v) is 3.14. The fraction of sp³-hybridized carbons (Fsp3) is 0.619. The van der Waals surface area contributed by atoms with Crippen LogP contribution in [-0.4, -0.2) is 68.0 Å². The zero-order chi connectivity index (χ0) is 22.0. The molecule has 1 aromatic rings. The Morgan fingerprint density at radius 1 is 0.897 bits per heavy atom. The average Bonchev–Trinajstić information content (AvgIpc) is 2.74. The van der Waals surface area contributed by atoms with Gasteiger partial charge in [-0.15, -0.1) is 0 Å². The van der Waals surface area contributed by atoms with Gasteiger partial charge in [0, 0.05) is 29.7 Å². The number of hydrogen-bond acceptors (Lipinski definition) is 8. The van der Waals surface area contributed by atoms with Crippen LogP contribution >= 0.6 is 0 Å². The first-order chi connectivity index (χ1) is 13.8. The van der Waals surface area contributed by atoms with Crippen molar-refractivity contribution >= 4 is 11.6 Å². The Balaban J connectivity index is 0.000000396. The minimum Gasteiger partial charge on any atom is -0.493 e. The van der Waals surface area contributed by atoms with E-state index in [1.165, 1.54) is 14.2 Å². The van der Waals surface area contributed by atoms with Gasteiger partial charge >= 0.3 is 0 Å². The molecule has 1 fully saturated rings. The van der Waals surface area contributed by atoms with Crippen LogP contribution in [0.4, 0.5) is 0 Å². The van der Waals surface area contributed by atoms with Crippen molar-refractivity contribution < 1.29 is 39.1 Å². The van der Waals surface area contributed by atoms with Crippen LogP contribution in [0.3, 0.4) is 0 Å². The molecule has 1 aliphatic carbocycles. The molecule has 3 N–H and O–H groups in total. The highest BCUT2D eigenvalue weighted by molar-refractivity contribution is 6.02. The Kier molecular flexibility index (Phi) is 10.1. The second-order valence-corrected chi connectivity index (χ2v) is 7.11. The summed E-state index contributed by atoms with van der Waals surface area (Å²) < 4.78 is 16.0. The van der Waals surface area contributed by atoms with E-state index in [0.29, 0.717) is 36.5 Å². The van der Waals surface area contributed by atoms with Crippen LogP contribution in [-0.2, 0) is 9.59 Å². The van der Waals surface area contributed by atoms with Crippen molar-refractivity contribution in [3.05, 3.63) is 17.7 Å². The van der Waals surface area contributed by atoms with Crippen LogP contribution in [0, 0.1) is 5.41 Å². The molecule has 8 nitrogen and oxygen atoms in total. The summed E-state index contributed by atoms with van der Waals surface area (Å²) in [5.41, 5.74) is 0.145. The van der Waals surface area contributed by atoms with Gasteiger partial charge in [-0.2, -0.15) is 0 Å². The summed E-state index contributed by atoms with van der Waals surface area (Å²) in [5.74, 6) is 1.36. The number of ether oxygens (including phenoxy) is 3. The monoisotopic (exact) mass is 412 g/mol. The minimum atomic E-state index is -0.667. The fourth-order valence-electron chi connectivity index (χ4n) is 3.14. The lowest BCUT2D eigenvalue weighted by Gasteiger charge is -2.24. The normalized spacial score (nSPS) is 14.9. The molecule has 0 heterocycles. The standard InChI is InChI=1S/C15H18O5.C6H14O3/c1-18-13-5-4-12(14(19-2)15(13)20-3)9-6-10(16)8-11(17)7-9;1-2-6(3-7,4-8)5-9/h4-5,9H,6-8H2,1-3H3;7-9H,2-5H2,1H3. The van der Waals surface area contributed by atoms with Crippen molar-refractivity contribution in [2.75, 3.05) is 41.2 Å². The van der Waals surface area contributed by atoms with Crippen LogP contribution < -0.4 is 14.2 Å². The van der Waals surface area contributed by atoms with Crippen LogP contribution in [0.15, 0.2) is 12.1 Å². The smallest absolute Gasteiger partial charge is 0.203 e. The molecule has 0 radical (unpaired) electrons. The van der Waals surface area contributed by atoms with Gasteiger partial charge in [0.2, 0.25) is 5.75 Å². The molecule has 1 aliphatic rings. The maximum Gasteiger partial charge on any atom is 0.203 e. The van der Waals surface area contributed by atoms with E-state index in [1.54, 1.807) is 13.2 Å². The first kappa shape index (κ1) is 24.9. The number of ketones is 2. The molecular weight excluding hydrogens is 380 g/mol. The predicted molar refractivity (Wildman–Crippen MR) is 107 cm³/mol. The van der Waals surface area contributed by atoms with Crippen molar-refractivity contribution in [2.45, 2.75) is 38.5 Å². The molecule has 0 amide bonds. The molecule has 0 aliphatic heterocycles. The van der Waals surface area contributed by atoms with Crippen LogP contribution in [0.25, 0.3) is 0 Å². The van der Waals surface area contributed by atoms with E-state index in [-0.39, 0.29) is 43.7 Å². The number of methoxy groups -OCH3 is 3. The van der Waals surface area contributed by atoms with Gasteiger partial charge in [-0.25, -0.2) is 0 Å². The largest absolute Gasteiger partial charge is 0.493 e. The zero-order valence-corrected chi connectivity index (χ0v) is 17.6. The molecular formula is C21H32O8. The lowest BCUT2D eigenvalue weighted by atomic mass is 9.82. The Labute approximate surface area is 171 Å². The molecule has 0 unspecified atom stereocenters. The molecule has 8 heteroatoms. The number of hydrogen-bond donors (Lipinski definition) is 3. The molecule has 164 valence electrons. The molecule has 0 aromatic heterocycles. The van der Waals surface area contributed by atoms with Gasteiger partial charge in [-0.1, -0.05) is 13.0 Å². The van der Waals surface area contributed by atoms with Gasteiger partial charge in [0.15, 0.2) is 11.5 Å². The van der Waals surface area contributed by atoms with Crippen LogP contribution in [0.1, 0.15) is 44.1 Å². The van der Waals surface area contributed by atoms with Crippen molar-refractivity contribution in [1.29, 1.82) is 0 Å². The summed E-state index contributed by atoms with van der Waals surface area (Å²) in [7, 11) is 4.61. The highest BCUT2D eigenvalue weighted by Crippen LogP contribution is 2.45. The quantitative estimate of drug-likeness (QED) is 0.549. The van der Waals surface area contributed by atoms with E-state index in [4.69, 9.17) is 29.5 Å². The molecule has 1 saturated carbocycles.